The molecule has 0 amide bonds. The standard InChI is InChI=1S/C21H27NO2/c1-4-23-11-5-10-22-15-19-6-8-21(9-7-19)24-16-20-13-17(2)12-18(3)14-20/h6-9,12-15H,4-5,10-11,16H2,1-3H3. The molecule has 2 aromatic rings. The summed E-state index contributed by atoms with van der Waals surface area (Å²) in [5.41, 5.74) is 4.83. The van der Waals surface area contributed by atoms with Crippen molar-refractivity contribution in [1.29, 1.82) is 0 Å². The summed E-state index contributed by atoms with van der Waals surface area (Å²) in [6.07, 6.45) is 2.86. The van der Waals surface area contributed by atoms with Gasteiger partial charge in [0.1, 0.15) is 12.4 Å². The Morgan fingerprint density at radius 1 is 1.00 bits per heavy atom. The lowest BCUT2D eigenvalue weighted by atomic mass is 10.1. The first-order valence-electron chi connectivity index (χ1n) is 8.55. The fourth-order valence-electron chi connectivity index (χ4n) is 2.54. The van der Waals surface area contributed by atoms with Crippen LogP contribution in [0.5, 0.6) is 5.75 Å². The highest BCUT2D eigenvalue weighted by Gasteiger charge is 1.99. The minimum absolute atomic E-state index is 0.591. The van der Waals surface area contributed by atoms with Gasteiger partial charge in [-0.1, -0.05) is 29.3 Å². The summed E-state index contributed by atoms with van der Waals surface area (Å²) in [6, 6.07) is 14.5. The van der Waals surface area contributed by atoms with E-state index in [1.807, 2.05) is 37.4 Å². The highest BCUT2D eigenvalue weighted by Crippen LogP contribution is 2.15. The highest BCUT2D eigenvalue weighted by atomic mass is 16.5. The number of benzene rings is 2. The molecule has 0 bridgehead atoms. The Labute approximate surface area is 145 Å². The van der Waals surface area contributed by atoms with Crippen molar-refractivity contribution in [3.8, 4) is 5.75 Å². The first-order valence-corrected chi connectivity index (χ1v) is 8.55. The van der Waals surface area contributed by atoms with E-state index in [0.717, 1.165) is 37.5 Å². The molecule has 0 saturated carbocycles. The van der Waals surface area contributed by atoms with Gasteiger partial charge in [-0.3, -0.25) is 4.99 Å². The van der Waals surface area contributed by atoms with Gasteiger partial charge < -0.3 is 9.47 Å². The molecule has 0 spiro atoms. The Morgan fingerprint density at radius 3 is 2.38 bits per heavy atom. The van der Waals surface area contributed by atoms with Crippen molar-refractivity contribution in [3.05, 3.63) is 64.7 Å². The molecule has 0 radical (unpaired) electrons. The van der Waals surface area contributed by atoms with Gasteiger partial charge >= 0.3 is 0 Å². The average molecular weight is 325 g/mol. The predicted octanol–water partition coefficient (Wildman–Crippen LogP) is 4.73. The number of nitrogens with zero attached hydrogens (tertiary/aromatic N) is 1. The normalized spacial score (nSPS) is 11.1. The molecule has 0 aromatic heterocycles. The molecule has 128 valence electrons. The first-order chi connectivity index (χ1) is 11.7. The number of hydrogen-bond acceptors (Lipinski definition) is 3. The summed E-state index contributed by atoms with van der Waals surface area (Å²) in [5.74, 6) is 0.877. The summed E-state index contributed by atoms with van der Waals surface area (Å²) in [7, 11) is 0. The van der Waals surface area contributed by atoms with Crippen LogP contribution in [0.1, 0.15) is 35.6 Å². The van der Waals surface area contributed by atoms with Crippen molar-refractivity contribution in [2.75, 3.05) is 19.8 Å². The van der Waals surface area contributed by atoms with E-state index in [0.29, 0.717) is 6.61 Å². The van der Waals surface area contributed by atoms with E-state index in [1.165, 1.54) is 16.7 Å². The number of rotatable bonds is 9. The lowest BCUT2D eigenvalue weighted by Gasteiger charge is -2.08. The van der Waals surface area contributed by atoms with Crippen LogP contribution in [-0.4, -0.2) is 26.0 Å². The van der Waals surface area contributed by atoms with E-state index < -0.39 is 0 Å². The summed E-state index contributed by atoms with van der Waals surface area (Å²) in [6.45, 7) is 9.16. The van der Waals surface area contributed by atoms with Gasteiger partial charge in [-0.05, 0) is 62.6 Å². The Kier molecular flexibility index (Phi) is 7.50. The largest absolute Gasteiger partial charge is 0.489 e. The molecule has 3 nitrogen and oxygen atoms in total. The number of hydrogen-bond donors (Lipinski definition) is 0. The minimum atomic E-state index is 0.591. The second-order valence-electron chi connectivity index (χ2n) is 5.94. The van der Waals surface area contributed by atoms with Crippen LogP contribution in [-0.2, 0) is 11.3 Å². The Balaban J connectivity index is 1.80. The molecule has 0 heterocycles. The molecule has 24 heavy (non-hydrogen) atoms. The van der Waals surface area contributed by atoms with Crippen LogP contribution in [0.3, 0.4) is 0 Å². The van der Waals surface area contributed by atoms with E-state index in [-0.39, 0.29) is 0 Å². The average Bonchev–Trinajstić information content (AvgIpc) is 2.56. The van der Waals surface area contributed by atoms with Crippen molar-refractivity contribution in [1.82, 2.24) is 0 Å². The Morgan fingerprint density at radius 2 is 1.71 bits per heavy atom. The fourth-order valence-corrected chi connectivity index (χ4v) is 2.54. The van der Waals surface area contributed by atoms with Gasteiger partial charge in [-0.15, -0.1) is 0 Å². The SMILES string of the molecule is CCOCCCN=Cc1ccc(OCc2cc(C)cc(C)c2)cc1. The lowest BCUT2D eigenvalue weighted by molar-refractivity contribution is 0.146. The van der Waals surface area contributed by atoms with E-state index >= 15 is 0 Å². The van der Waals surface area contributed by atoms with Crippen molar-refractivity contribution < 1.29 is 9.47 Å². The van der Waals surface area contributed by atoms with Crippen LogP contribution in [0.25, 0.3) is 0 Å². The quantitative estimate of drug-likeness (QED) is 0.493. The van der Waals surface area contributed by atoms with Crippen LogP contribution in [0.2, 0.25) is 0 Å². The van der Waals surface area contributed by atoms with Gasteiger partial charge in [0.2, 0.25) is 0 Å². The van der Waals surface area contributed by atoms with E-state index in [2.05, 4.69) is 37.0 Å². The topological polar surface area (TPSA) is 30.8 Å². The van der Waals surface area contributed by atoms with Gasteiger partial charge in [-0.2, -0.15) is 0 Å². The van der Waals surface area contributed by atoms with E-state index in [9.17, 15) is 0 Å². The third kappa shape index (κ3) is 6.55. The molecule has 0 aliphatic heterocycles. The highest BCUT2D eigenvalue weighted by molar-refractivity contribution is 5.79. The second-order valence-corrected chi connectivity index (χ2v) is 5.94. The summed E-state index contributed by atoms with van der Waals surface area (Å²) in [5, 5.41) is 0. The lowest BCUT2D eigenvalue weighted by Crippen LogP contribution is -1.97. The summed E-state index contributed by atoms with van der Waals surface area (Å²) in [4.78, 5) is 4.41. The zero-order valence-electron chi connectivity index (χ0n) is 14.9. The van der Waals surface area contributed by atoms with Gasteiger partial charge in [0.05, 0.1) is 0 Å². The van der Waals surface area contributed by atoms with Crippen molar-refractivity contribution in [2.45, 2.75) is 33.8 Å². The molecular formula is C21H27NO2. The molecule has 0 unspecified atom stereocenters. The maximum Gasteiger partial charge on any atom is 0.119 e. The van der Waals surface area contributed by atoms with Crippen LogP contribution >= 0.6 is 0 Å². The van der Waals surface area contributed by atoms with Crippen LogP contribution < -0.4 is 4.74 Å². The number of ether oxygens (including phenoxy) is 2. The fraction of sp³-hybridized carbons (Fsp3) is 0.381. The Bertz CT molecular complexity index is 627. The zero-order valence-corrected chi connectivity index (χ0v) is 14.9. The molecule has 0 atom stereocenters. The van der Waals surface area contributed by atoms with Crippen LogP contribution in [0.4, 0.5) is 0 Å². The maximum atomic E-state index is 5.87. The third-order valence-electron chi connectivity index (χ3n) is 3.59. The first kappa shape index (κ1) is 18.2. The minimum Gasteiger partial charge on any atom is -0.489 e. The molecule has 2 rings (SSSR count). The van der Waals surface area contributed by atoms with Gasteiger partial charge in [-0.25, -0.2) is 0 Å². The molecule has 0 fully saturated rings. The number of aliphatic imine (C=N–C) groups is 1. The molecule has 0 N–H and O–H groups in total. The molecule has 3 heteroatoms. The van der Waals surface area contributed by atoms with Crippen LogP contribution in [0.15, 0.2) is 47.5 Å². The van der Waals surface area contributed by atoms with Crippen molar-refractivity contribution >= 4 is 6.21 Å². The molecular weight excluding hydrogens is 298 g/mol. The van der Waals surface area contributed by atoms with Gasteiger partial charge in [0.25, 0.3) is 0 Å². The summed E-state index contributed by atoms with van der Waals surface area (Å²) >= 11 is 0. The van der Waals surface area contributed by atoms with Crippen molar-refractivity contribution in [2.24, 2.45) is 4.99 Å². The second kappa shape index (κ2) is 9.89. The maximum absolute atomic E-state index is 5.87. The van der Waals surface area contributed by atoms with Gasteiger partial charge in [0, 0.05) is 26.0 Å². The smallest absolute Gasteiger partial charge is 0.119 e. The third-order valence-corrected chi connectivity index (χ3v) is 3.59. The molecule has 0 saturated heterocycles. The predicted molar refractivity (Wildman–Crippen MR) is 100 cm³/mol. The van der Waals surface area contributed by atoms with Crippen LogP contribution in [0, 0.1) is 13.8 Å². The van der Waals surface area contributed by atoms with Crippen molar-refractivity contribution in [3.63, 3.8) is 0 Å². The Hall–Kier alpha value is -2.13. The molecule has 2 aromatic carbocycles. The van der Waals surface area contributed by atoms with E-state index in [1.54, 1.807) is 0 Å². The molecule has 0 aliphatic carbocycles. The van der Waals surface area contributed by atoms with Gasteiger partial charge in [0.15, 0.2) is 0 Å². The monoisotopic (exact) mass is 325 g/mol. The number of aryl methyl sites for hydroxylation is 2. The zero-order chi connectivity index (χ0) is 17.2. The van der Waals surface area contributed by atoms with E-state index in [4.69, 9.17) is 9.47 Å². The summed E-state index contributed by atoms with van der Waals surface area (Å²) < 4.78 is 11.2. The molecule has 0 aliphatic rings.